The number of hydrogen-bond donors (Lipinski definition) is 1. The average molecular weight is 480 g/mol. The van der Waals surface area contributed by atoms with Crippen LogP contribution in [0.5, 0.6) is 0 Å². The van der Waals surface area contributed by atoms with Crippen LogP contribution in [0.4, 0.5) is 0 Å². The molecule has 5 nitrogen and oxygen atoms in total. The second kappa shape index (κ2) is 8.38. The molecule has 5 rings (SSSR count). The van der Waals surface area contributed by atoms with Crippen molar-refractivity contribution < 1.29 is 19.1 Å². The minimum atomic E-state index is -0.509. The Bertz CT molecular complexity index is 1090. The number of carbonyl (C=O) groups is 2. The number of esters is 2. The first-order valence-corrected chi connectivity index (χ1v) is 13.4. The minimum Gasteiger partial charge on any atom is -0.462 e. The van der Waals surface area contributed by atoms with Crippen LogP contribution in [0.15, 0.2) is 30.0 Å². The van der Waals surface area contributed by atoms with Gasteiger partial charge in [0.15, 0.2) is 0 Å². The first kappa shape index (κ1) is 24.4. The smallest absolute Gasteiger partial charge is 0.355 e. The van der Waals surface area contributed by atoms with Crippen LogP contribution in [0.25, 0.3) is 5.57 Å². The summed E-state index contributed by atoms with van der Waals surface area (Å²) in [5.74, 6) is 1.53. The van der Waals surface area contributed by atoms with Gasteiger partial charge in [0.2, 0.25) is 0 Å². The van der Waals surface area contributed by atoms with E-state index in [1.807, 2.05) is 33.0 Å². The van der Waals surface area contributed by atoms with Crippen molar-refractivity contribution in [3.63, 3.8) is 0 Å². The number of rotatable bonds is 3. The van der Waals surface area contributed by atoms with E-state index in [9.17, 15) is 9.59 Å². The number of aromatic amines is 1. The van der Waals surface area contributed by atoms with Gasteiger partial charge in [-0.2, -0.15) is 0 Å². The number of carbonyl (C=O) groups excluding carboxylic acids is 2. The van der Waals surface area contributed by atoms with Crippen LogP contribution in [-0.2, 0) is 14.3 Å². The van der Waals surface area contributed by atoms with Gasteiger partial charge < -0.3 is 14.5 Å². The maximum absolute atomic E-state index is 12.6. The van der Waals surface area contributed by atoms with E-state index < -0.39 is 5.60 Å². The molecule has 0 radical (unpaired) electrons. The molecule has 2 saturated carbocycles. The van der Waals surface area contributed by atoms with Crippen molar-refractivity contribution in [1.29, 1.82) is 0 Å². The molecular weight excluding hydrogens is 438 g/mol. The molecule has 1 aromatic rings. The minimum absolute atomic E-state index is 0.0461. The van der Waals surface area contributed by atoms with Gasteiger partial charge in [0.25, 0.3) is 0 Å². The third-order valence-corrected chi connectivity index (χ3v) is 9.58. The molecule has 0 aromatic carbocycles. The molecule has 6 unspecified atom stereocenters. The van der Waals surface area contributed by atoms with Crippen LogP contribution in [0.3, 0.4) is 0 Å². The van der Waals surface area contributed by atoms with Crippen molar-refractivity contribution in [2.24, 2.45) is 28.6 Å². The number of nitrogens with one attached hydrogen (secondary N) is 1. The van der Waals surface area contributed by atoms with Gasteiger partial charge in [-0.1, -0.05) is 31.6 Å². The Balaban J connectivity index is 1.35. The summed E-state index contributed by atoms with van der Waals surface area (Å²) in [6, 6.07) is 1.98. The zero-order valence-corrected chi connectivity index (χ0v) is 22.2. The molecule has 5 heteroatoms. The van der Waals surface area contributed by atoms with E-state index >= 15 is 0 Å². The van der Waals surface area contributed by atoms with Crippen LogP contribution in [0.2, 0.25) is 0 Å². The van der Waals surface area contributed by atoms with Gasteiger partial charge in [0.1, 0.15) is 17.4 Å². The maximum Gasteiger partial charge on any atom is 0.355 e. The van der Waals surface area contributed by atoms with E-state index in [1.54, 1.807) is 0 Å². The summed E-state index contributed by atoms with van der Waals surface area (Å²) in [7, 11) is 0. The van der Waals surface area contributed by atoms with Gasteiger partial charge in [-0.15, -0.1) is 0 Å². The van der Waals surface area contributed by atoms with Gasteiger partial charge in [-0.05, 0) is 105 Å². The molecule has 2 fully saturated rings. The molecular formula is C30H41NO4. The Labute approximate surface area is 209 Å². The van der Waals surface area contributed by atoms with Crippen molar-refractivity contribution in [2.45, 2.75) is 98.2 Å². The van der Waals surface area contributed by atoms with Crippen LogP contribution in [0, 0.1) is 28.6 Å². The molecule has 190 valence electrons. The van der Waals surface area contributed by atoms with Crippen molar-refractivity contribution in [3.05, 3.63) is 41.2 Å². The highest BCUT2D eigenvalue weighted by molar-refractivity contribution is 5.89. The van der Waals surface area contributed by atoms with Crippen LogP contribution >= 0.6 is 0 Å². The Morgan fingerprint density at radius 3 is 2.49 bits per heavy atom. The first-order chi connectivity index (χ1) is 16.4. The maximum atomic E-state index is 12.6. The van der Waals surface area contributed by atoms with Crippen LogP contribution in [-0.4, -0.2) is 28.6 Å². The van der Waals surface area contributed by atoms with Crippen molar-refractivity contribution in [3.8, 4) is 0 Å². The lowest BCUT2D eigenvalue weighted by molar-refractivity contribution is -0.148. The summed E-state index contributed by atoms with van der Waals surface area (Å²) in [6.45, 7) is 12.1. The molecule has 1 aromatic heterocycles. The molecule has 4 aliphatic rings. The quantitative estimate of drug-likeness (QED) is 0.380. The molecule has 35 heavy (non-hydrogen) atoms. The van der Waals surface area contributed by atoms with E-state index in [0.29, 0.717) is 23.4 Å². The monoisotopic (exact) mass is 479 g/mol. The Morgan fingerprint density at radius 2 is 1.77 bits per heavy atom. The molecule has 0 bridgehead atoms. The van der Waals surface area contributed by atoms with E-state index in [-0.39, 0.29) is 28.9 Å². The van der Waals surface area contributed by atoms with Crippen LogP contribution < -0.4 is 0 Å². The SMILES string of the molecule is CC(=O)OC1CCC2(C)C(=CCC3C2CCC2(C)C(c4c[nH]c(C(=O)OC(C)(C)C)c4)=CCC32)C1. The molecule has 6 atom stereocenters. The second-order valence-corrected chi connectivity index (χ2v) is 12.8. The van der Waals surface area contributed by atoms with Gasteiger partial charge >= 0.3 is 11.9 Å². The number of allylic oxidation sites excluding steroid dienone is 3. The van der Waals surface area contributed by atoms with Gasteiger partial charge in [-0.3, -0.25) is 4.79 Å². The lowest BCUT2D eigenvalue weighted by Crippen LogP contribution is -2.50. The fourth-order valence-electron chi connectivity index (χ4n) is 7.98. The van der Waals surface area contributed by atoms with E-state index in [1.165, 1.54) is 30.9 Å². The fourth-order valence-corrected chi connectivity index (χ4v) is 7.98. The predicted octanol–water partition coefficient (Wildman–Crippen LogP) is 6.86. The highest BCUT2D eigenvalue weighted by Gasteiger charge is 2.57. The van der Waals surface area contributed by atoms with Gasteiger partial charge in [0.05, 0.1) is 0 Å². The zero-order chi connectivity index (χ0) is 25.2. The Morgan fingerprint density at radius 1 is 1.03 bits per heavy atom. The summed E-state index contributed by atoms with van der Waals surface area (Å²) in [6.07, 6.45) is 14.6. The third-order valence-electron chi connectivity index (χ3n) is 9.58. The number of fused-ring (bicyclic) bond motifs is 5. The Hall–Kier alpha value is -2.30. The third kappa shape index (κ3) is 4.19. The van der Waals surface area contributed by atoms with E-state index in [2.05, 4.69) is 31.0 Å². The van der Waals surface area contributed by atoms with Crippen LogP contribution in [0.1, 0.15) is 103 Å². The second-order valence-electron chi connectivity index (χ2n) is 12.8. The largest absolute Gasteiger partial charge is 0.462 e. The summed E-state index contributed by atoms with van der Waals surface area (Å²) in [4.78, 5) is 27.3. The molecule has 0 spiro atoms. The summed E-state index contributed by atoms with van der Waals surface area (Å²) >= 11 is 0. The summed E-state index contributed by atoms with van der Waals surface area (Å²) in [5.41, 5.74) is 4.43. The molecule has 1 heterocycles. The Kier molecular flexibility index (Phi) is 5.84. The fraction of sp³-hybridized carbons (Fsp3) is 0.667. The normalized spacial score (nSPS) is 36.3. The average Bonchev–Trinajstić information content (AvgIpc) is 3.36. The van der Waals surface area contributed by atoms with Gasteiger partial charge in [-0.25, -0.2) is 4.79 Å². The number of H-pyrrole nitrogens is 1. The topological polar surface area (TPSA) is 68.4 Å². The highest BCUT2D eigenvalue weighted by Crippen LogP contribution is 2.66. The van der Waals surface area contributed by atoms with E-state index in [4.69, 9.17) is 9.47 Å². The number of ether oxygens (including phenoxy) is 2. The number of hydrogen-bond acceptors (Lipinski definition) is 4. The predicted molar refractivity (Wildman–Crippen MR) is 137 cm³/mol. The summed E-state index contributed by atoms with van der Waals surface area (Å²) in [5, 5.41) is 0. The molecule has 0 saturated heterocycles. The summed E-state index contributed by atoms with van der Waals surface area (Å²) < 4.78 is 11.2. The highest BCUT2D eigenvalue weighted by atomic mass is 16.6. The molecule has 0 amide bonds. The number of aromatic nitrogens is 1. The van der Waals surface area contributed by atoms with Crippen molar-refractivity contribution in [1.82, 2.24) is 4.98 Å². The first-order valence-electron chi connectivity index (χ1n) is 13.4. The van der Waals surface area contributed by atoms with E-state index in [0.717, 1.165) is 37.7 Å². The molecule has 0 aliphatic heterocycles. The van der Waals surface area contributed by atoms with Crippen molar-refractivity contribution in [2.75, 3.05) is 0 Å². The standard InChI is InChI=1S/C30H41NO4/c1-18(32)34-21-11-13-29(5)20(16-21)7-8-22-24-10-9-23(30(24,6)14-12-25(22)29)19-15-26(31-17-19)27(33)35-28(2,3)4/h7,9,15,17,21-22,24-25,31H,8,10-14,16H2,1-6H3. The zero-order valence-electron chi connectivity index (χ0n) is 22.2. The molecule has 4 aliphatic carbocycles. The molecule has 1 N–H and O–H groups in total. The van der Waals surface area contributed by atoms with Crippen molar-refractivity contribution >= 4 is 17.5 Å². The lowest BCUT2D eigenvalue weighted by Gasteiger charge is -2.57. The lowest BCUT2D eigenvalue weighted by atomic mass is 9.47. The van der Waals surface area contributed by atoms with Gasteiger partial charge in [0, 0.05) is 19.5 Å².